The average molecular weight is 328 g/mol. The zero-order valence-electron chi connectivity index (χ0n) is 12.6. The van der Waals surface area contributed by atoms with Gasteiger partial charge < -0.3 is 15.6 Å². The van der Waals surface area contributed by atoms with Crippen LogP contribution in [-0.4, -0.2) is 36.8 Å². The van der Waals surface area contributed by atoms with E-state index < -0.39 is 0 Å². The predicted octanol–water partition coefficient (Wildman–Crippen LogP) is 3.35. The Morgan fingerprint density at radius 3 is 2.05 bits per heavy atom. The molecule has 0 unspecified atom stereocenters. The molecule has 0 aromatic heterocycles. The molecular formula is C15H31Cl2NO2. The van der Waals surface area contributed by atoms with Crippen molar-refractivity contribution in [2.75, 3.05) is 20.3 Å². The molecular weight excluding hydrogens is 297 g/mol. The fourth-order valence-corrected chi connectivity index (χ4v) is 3.38. The maximum Gasteiger partial charge on any atom is 0.0504 e. The van der Waals surface area contributed by atoms with Crippen molar-refractivity contribution in [3.05, 3.63) is 0 Å². The first-order valence-corrected chi connectivity index (χ1v) is 8.12. The van der Waals surface area contributed by atoms with Gasteiger partial charge in [0.05, 0.1) is 6.61 Å². The summed E-state index contributed by atoms with van der Waals surface area (Å²) >= 11 is 6.08. The first-order chi connectivity index (χ1) is 9.19. The van der Waals surface area contributed by atoms with E-state index in [0.29, 0.717) is 17.2 Å². The van der Waals surface area contributed by atoms with E-state index in [1.54, 1.807) is 7.11 Å². The average Bonchev–Trinajstić information content (AvgIpc) is 2.43. The van der Waals surface area contributed by atoms with E-state index in [9.17, 15) is 0 Å². The third-order valence-electron chi connectivity index (χ3n) is 4.40. The topological polar surface area (TPSA) is 55.5 Å². The quantitative estimate of drug-likeness (QED) is 0.781. The van der Waals surface area contributed by atoms with Crippen molar-refractivity contribution in [2.45, 2.75) is 62.8 Å². The number of nitrogens with two attached hydrogens (primary N) is 1. The fraction of sp³-hybridized carbons (Fsp3) is 1.00. The number of halogens is 2. The molecule has 3 nitrogen and oxygen atoms in total. The second kappa shape index (κ2) is 12.0. The molecule has 0 bridgehead atoms. The van der Waals surface area contributed by atoms with Crippen LogP contribution in [0.3, 0.4) is 0 Å². The summed E-state index contributed by atoms with van der Waals surface area (Å²) in [7, 11) is 1.75. The Bertz CT molecular complexity index is 230. The maximum atomic E-state index is 8.78. The van der Waals surface area contributed by atoms with E-state index in [4.69, 9.17) is 27.2 Å². The molecule has 3 N–H and O–H groups in total. The van der Waals surface area contributed by atoms with Crippen molar-refractivity contribution in [1.82, 2.24) is 0 Å². The number of rotatable bonds is 3. The van der Waals surface area contributed by atoms with Gasteiger partial charge in [-0.05, 0) is 37.5 Å². The van der Waals surface area contributed by atoms with Gasteiger partial charge in [-0.25, -0.2) is 0 Å². The minimum atomic E-state index is 0. The van der Waals surface area contributed by atoms with Gasteiger partial charge in [0.15, 0.2) is 0 Å². The van der Waals surface area contributed by atoms with E-state index in [2.05, 4.69) is 0 Å². The van der Waals surface area contributed by atoms with Gasteiger partial charge in [-0.1, -0.05) is 25.7 Å². The number of methoxy groups -OCH3 is 1. The summed E-state index contributed by atoms with van der Waals surface area (Å²) < 4.78 is 5.07. The Kier molecular flexibility index (Phi) is 12.3. The van der Waals surface area contributed by atoms with Crippen LogP contribution in [0.4, 0.5) is 0 Å². The van der Waals surface area contributed by atoms with Crippen LogP contribution in [-0.2, 0) is 4.74 Å². The van der Waals surface area contributed by atoms with Gasteiger partial charge >= 0.3 is 0 Å². The zero-order valence-corrected chi connectivity index (χ0v) is 14.2. The largest absolute Gasteiger partial charge is 0.396 e. The summed E-state index contributed by atoms with van der Waals surface area (Å²) in [5.41, 5.74) is 5.73. The molecule has 0 radical (unpaired) electrons. The number of hydrogen-bond acceptors (Lipinski definition) is 3. The molecule has 5 heteroatoms. The molecule has 0 spiro atoms. The predicted molar refractivity (Wildman–Crippen MR) is 87.7 cm³/mol. The molecule has 2 saturated carbocycles. The van der Waals surface area contributed by atoms with Crippen LogP contribution in [0.25, 0.3) is 0 Å². The number of alkyl halides is 1. The number of aliphatic hydroxyl groups is 1. The van der Waals surface area contributed by atoms with Gasteiger partial charge in [-0.15, -0.1) is 24.0 Å². The monoisotopic (exact) mass is 327 g/mol. The second-order valence-electron chi connectivity index (χ2n) is 5.91. The Labute approximate surface area is 135 Å². The summed E-state index contributed by atoms with van der Waals surface area (Å²) in [5.74, 6) is 0.999. The van der Waals surface area contributed by atoms with Gasteiger partial charge in [0.1, 0.15) is 0 Å². The lowest BCUT2D eigenvalue weighted by Crippen LogP contribution is -2.34. The van der Waals surface area contributed by atoms with Crippen molar-refractivity contribution < 1.29 is 9.84 Å². The summed E-state index contributed by atoms with van der Waals surface area (Å²) in [6.45, 7) is 1.12. The van der Waals surface area contributed by atoms with E-state index in [1.165, 1.54) is 38.5 Å². The smallest absolute Gasteiger partial charge is 0.0504 e. The van der Waals surface area contributed by atoms with Crippen molar-refractivity contribution in [1.29, 1.82) is 0 Å². The number of ether oxygens (including phenoxy) is 1. The van der Waals surface area contributed by atoms with Crippen molar-refractivity contribution in [3.63, 3.8) is 0 Å². The van der Waals surface area contributed by atoms with Gasteiger partial charge in [0.2, 0.25) is 0 Å². The summed E-state index contributed by atoms with van der Waals surface area (Å²) in [6.07, 6.45) is 9.78. The SMILES string of the molecule is COC[C@@H]1CCCC[C@@H]1Cl.Cl.N[C@H]1CCCC[C@H]1CO. The Morgan fingerprint density at radius 2 is 1.60 bits per heavy atom. The molecule has 0 aromatic carbocycles. The lowest BCUT2D eigenvalue weighted by Gasteiger charge is -2.26. The lowest BCUT2D eigenvalue weighted by molar-refractivity contribution is 0.133. The van der Waals surface area contributed by atoms with Crippen molar-refractivity contribution in [2.24, 2.45) is 17.6 Å². The third-order valence-corrected chi connectivity index (χ3v) is 4.97. The van der Waals surface area contributed by atoms with Crippen LogP contribution in [0.1, 0.15) is 51.4 Å². The van der Waals surface area contributed by atoms with Crippen molar-refractivity contribution in [3.8, 4) is 0 Å². The van der Waals surface area contributed by atoms with Gasteiger partial charge in [-0.2, -0.15) is 0 Å². The van der Waals surface area contributed by atoms with Gasteiger partial charge in [-0.3, -0.25) is 0 Å². The summed E-state index contributed by atoms with van der Waals surface area (Å²) in [5, 5.41) is 9.15. The molecule has 0 aliphatic heterocycles. The zero-order chi connectivity index (χ0) is 14.1. The molecule has 20 heavy (non-hydrogen) atoms. The van der Waals surface area contributed by atoms with E-state index in [0.717, 1.165) is 19.4 Å². The van der Waals surface area contributed by atoms with Gasteiger partial charge in [0.25, 0.3) is 0 Å². The highest BCUT2D eigenvalue weighted by Gasteiger charge is 2.22. The number of aliphatic hydroxyl groups excluding tert-OH is 1. The van der Waals surface area contributed by atoms with Crippen LogP contribution >= 0.6 is 24.0 Å². The molecule has 2 aliphatic carbocycles. The molecule has 2 aliphatic rings. The van der Waals surface area contributed by atoms with Crippen LogP contribution in [0.2, 0.25) is 0 Å². The summed E-state index contributed by atoms with van der Waals surface area (Å²) in [6, 6.07) is 0.267. The van der Waals surface area contributed by atoms with Crippen LogP contribution < -0.4 is 5.73 Å². The molecule has 0 amide bonds. The summed E-state index contributed by atoms with van der Waals surface area (Å²) in [4.78, 5) is 0. The van der Waals surface area contributed by atoms with E-state index in [-0.39, 0.29) is 25.1 Å². The van der Waals surface area contributed by atoms with E-state index in [1.807, 2.05) is 0 Å². The minimum absolute atomic E-state index is 0. The molecule has 0 saturated heterocycles. The minimum Gasteiger partial charge on any atom is -0.396 e. The number of hydrogen-bond donors (Lipinski definition) is 2. The normalized spacial score (nSPS) is 33.6. The van der Waals surface area contributed by atoms with E-state index >= 15 is 0 Å². The van der Waals surface area contributed by atoms with Crippen LogP contribution in [0.5, 0.6) is 0 Å². The molecule has 122 valence electrons. The molecule has 4 atom stereocenters. The highest BCUT2D eigenvalue weighted by molar-refractivity contribution is 6.20. The fourth-order valence-electron chi connectivity index (χ4n) is 3.03. The van der Waals surface area contributed by atoms with Gasteiger partial charge in [0, 0.05) is 25.1 Å². The van der Waals surface area contributed by atoms with Crippen LogP contribution in [0, 0.1) is 11.8 Å². The van der Waals surface area contributed by atoms with Crippen molar-refractivity contribution >= 4 is 24.0 Å². The molecule has 0 aromatic rings. The Hall–Kier alpha value is 0.460. The highest BCUT2D eigenvalue weighted by Crippen LogP contribution is 2.28. The second-order valence-corrected chi connectivity index (χ2v) is 6.47. The third kappa shape index (κ3) is 7.46. The molecule has 0 heterocycles. The standard InChI is InChI=1S/C8H15ClO.C7H15NO.ClH/c1-10-6-7-4-2-3-5-8(7)9;8-7-4-2-1-3-6(7)5-9;/h7-8H,2-6H2,1H3;6-7,9H,1-5,8H2;1H/t7-,8-;6-,7-;/m00./s1. The Morgan fingerprint density at radius 1 is 1.05 bits per heavy atom. The first-order valence-electron chi connectivity index (χ1n) is 7.68. The van der Waals surface area contributed by atoms with Crippen LogP contribution in [0.15, 0.2) is 0 Å². The highest BCUT2D eigenvalue weighted by atomic mass is 35.5. The first kappa shape index (κ1) is 20.5. The molecule has 2 fully saturated rings. The maximum absolute atomic E-state index is 8.78. The molecule has 2 rings (SSSR count). The Balaban J connectivity index is 0.000000345. The lowest BCUT2D eigenvalue weighted by atomic mass is 9.86.